The van der Waals surface area contributed by atoms with Crippen molar-refractivity contribution < 1.29 is 9.72 Å². The third-order valence-electron chi connectivity index (χ3n) is 2.45. The molecule has 7 nitrogen and oxygen atoms in total. The van der Waals surface area contributed by atoms with E-state index in [0.29, 0.717) is 11.5 Å². The van der Waals surface area contributed by atoms with Crippen LogP contribution in [0.3, 0.4) is 0 Å². The number of carbonyl (C=O) groups excluding carboxylic acids is 1. The van der Waals surface area contributed by atoms with E-state index in [1.54, 1.807) is 6.07 Å². The number of hydrogen-bond donors (Lipinski definition) is 2. The number of nitrogens with two attached hydrogens (primary N) is 1. The molecule has 1 aromatic carbocycles. The molecular weight excluding hydrogens is 284 g/mol. The molecule has 0 spiro atoms. The highest BCUT2D eigenvalue weighted by atomic mass is 35.5. The molecule has 0 saturated heterocycles. The van der Waals surface area contributed by atoms with Crippen LogP contribution in [0.15, 0.2) is 36.5 Å². The summed E-state index contributed by atoms with van der Waals surface area (Å²) in [6.07, 6.45) is 1.37. The van der Waals surface area contributed by atoms with Crippen molar-refractivity contribution in [2.45, 2.75) is 0 Å². The number of amides is 1. The zero-order chi connectivity index (χ0) is 14.7. The van der Waals surface area contributed by atoms with Gasteiger partial charge in [-0.25, -0.2) is 4.98 Å². The van der Waals surface area contributed by atoms with Gasteiger partial charge >= 0.3 is 0 Å². The van der Waals surface area contributed by atoms with Gasteiger partial charge in [0.1, 0.15) is 5.82 Å². The molecule has 2 aromatic rings. The predicted molar refractivity (Wildman–Crippen MR) is 74.7 cm³/mol. The summed E-state index contributed by atoms with van der Waals surface area (Å²) in [5.74, 6) is -0.248. The highest BCUT2D eigenvalue weighted by molar-refractivity contribution is 6.34. The van der Waals surface area contributed by atoms with Crippen LogP contribution in [-0.4, -0.2) is 15.8 Å². The number of nitrogens with one attached hydrogen (secondary N) is 1. The summed E-state index contributed by atoms with van der Waals surface area (Å²) in [6, 6.07) is 6.72. The van der Waals surface area contributed by atoms with Crippen LogP contribution in [0.5, 0.6) is 0 Å². The van der Waals surface area contributed by atoms with Crippen molar-refractivity contribution in [3.63, 3.8) is 0 Å². The Hall–Kier alpha value is -2.67. The maximum atomic E-state index is 12.0. The Morgan fingerprint density at radius 3 is 2.70 bits per heavy atom. The number of nitro groups is 1. The first-order chi connectivity index (χ1) is 9.47. The maximum absolute atomic E-state index is 12.0. The molecule has 0 unspecified atom stereocenters. The van der Waals surface area contributed by atoms with Crippen LogP contribution in [0.2, 0.25) is 5.02 Å². The summed E-state index contributed by atoms with van der Waals surface area (Å²) in [7, 11) is 0. The van der Waals surface area contributed by atoms with Gasteiger partial charge in [0.2, 0.25) is 0 Å². The molecule has 0 aliphatic rings. The van der Waals surface area contributed by atoms with Crippen molar-refractivity contribution in [2.75, 3.05) is 11.1 Å². The van der Waals surface area contributed by atoms with Crippen molar-refractivity contribution in [3.8, 4) is 0 Å². The summed E-state index contributed by atoms with van der Waals surface area (Å²) in [6.45, 7) is 0. The number of nitro benzene ring substituents is 1. The minimum atomic E-state index is -0.599. The van der Waals surface area contributed by atoms with Crippen LogP contribution in [0.1, 0.15) is 10.4 Å². The third kappa shape index (κ3) is 3.01. The highest BCUT2D eigenvalue weighted by Gasteiger charge is 2.16. The zero-order valence-corrected chi connectivity index (χ0v) is 10.8. The number of pyridine rings is 1. The van der Waals surface area contributed by atoms with Gasteiger partial charge in [-0.2, -0.15) is 0 Å². The Morgan fingerprint density at radius 1 is 1.35 bits per heavy atom. The first kappa shape index (κ1) is 13.8. The van der Waals surface area contributed by atoms with Gasteiger partial charge in [-0.15, -0.1) is 0 Å². The molecule has 0 atom stereocenters. The fraction of sp³-hybridized carbons (Fsp3) is 0. The lowest BCUT2D eigenvalue weighted by Gasteiger charge is -2.06. The molecule has 8 heteroatoms. The smallest absolute Gasteiger partial charge is 0.270 e. The maximum Gasteiger partial charge on any atom is 0.270 e. The second kappa shape index (κ2) is 5.54. The lowest BCUT2D eigenvalue weighted by molar-refractivity contribution is -0.384. The van der Waals surface area contributed by atoms with Crippen molar-refractivity contribution >= 4 is 34.7 Å². The molecule has 0 aliphatic heterocycles. The monoisotopic (exact) mass is 292 g/mol. The molecule has 0 aliphatic carbocycles. The average molecular weight is 293 g/mol. The van der Waals surface area contributed by atoms with Crippen LogP contribution >= 0.6 is 11.6 Å². The van der Waals surface area contributed by atoms with Crippen molar-refractivity contribution in [1.82, 2.24) is 4.98 Å². The van der Waals surface area contributed by atoms with Gasteiger partial charge in [0.25, 0.3) is 11.6 Å². The van der Waals surface area contributed by atoms with Crippen LogP contribution in [0.4, 0.5) is 17.2 Å². The Balaban J connectivity index is 2.26. The Kier molecular flexibility index (Phi) is 3.81. The number of benzene rings is 1. The molecule has 3 N–H and O–H groups in total. The molecule has 20 heavy (non-hydrogen) atoms. The lowest BCUT2D eigenvalue weighted by atomic mass is 10.2. The topological polar surface area (TPSA) is 111 Å². The van der Waals surface area contributed by atoms with E-state index in [2.05, 4.69) is 10.3 Å². The molecule has 0 bridgehead atoms. The summed E-state index contributed by atoms with van der Waals surface area (Å²) < 4.78 is 0. The molecule has 0 radical (unpaired) electrons. The fourth-order valence-corrected chi connectivity index (χ4v) is 1.68. The number of aromatic nitrogens is 1. The number of nitrogen functional groups attached to an aromatic ring is 1. The van der Waals surface area contributed by atoms with Crippen molar-refractivity contribution in [2.24, 2.45) is 0 Å². The molecule has 0 fully saturated rings. The normalized spacial score (nSPS) is 10.1. The minimum Gasteiger partial charge on any atom is -0.384 e. The molecule has 102 valence electrons. The summed E-state index contributed by atoms with van der Waals surface area (Å²) >= 11 is 5.87. The summed E-state index contributed by atoms with van der Waals surface area (Å²) in [5.41, 5.74) is 5.63. The number of nitrogens with zero attached hydrogens (tertiary/aromatic N) is 2. The van der Waals surface area contributed by atoms with Crippen LogP contribution < -0.4 is 11.1 Å². The first-order valence-electron chi connectivity index (χ1n) is 5.44. The van der Waals surface area contributed by atoms with E-state index >= 15 is 0 Å². The largest absolute Gasteiger partial charge is 0.384 e. The molecule has 1 heterocycles. The Labute approximate surface area is 118 Å². The SMILES string of the molecule is Nc1ccc(NC(=O)c2cc([N+](=O)[O-])ccc2Cl)cn1. The third-order valence-corrected chi connectivity index (χ3v) is 2.78. The quantitative estimate of drug-likeness (QED) is 0.667. The number of non-ortho nitro benzene ring substituents is 1. The summed E-state index contributed by atoms with van der Waals surface area (Å²) in [4.78, 5) is 25.9. The van der Waals surface area contributed by atoms with Gasteiger partial charge in [-0.3, -0.25) is 14.9 Å². The van der Waals surface area contributed by atoms with E-state index < -0.39 is 10.8 Å². The molecule has 0 saturated carbocycles. The van der Waals surface area contributed by atoms with E-state index in [4.69, 9.17) is 17.3 Å². The number of rotatable bonds is 3. The second-order valence-electron chi connectivity index (χ2n) is 3.85. The predicted octanol–water partition coefficient (Wildman–Crippen LogP) is 2.48. The minimum absolute atomic E-state index is 0.0118. The van der Waals surface area contributed by atoms with E-state index in [9.17, 15) is 14.9 Å². The first-order valence-corrected chi connectivity index (χ1v) is 5.82. The van der Waals surface area contributed by atoms with Gasteiger partial charge < -0.3 is 11.1 Å². The van der Waals surface area contributed by atoms with Crippen LogP contribution in [0.25, 0.3) is 0 Å². The second-order valence-corrected chi connectivity index (χ2v) is 4.25. The average Bonchev–Trinajstić information content (AvgIpc) is 2.41. The number of carbonyl (C=O) groups is 1. The molecule has 2 rings (SSSR count). The fourth-order valence-electron chi connectivity index (χ4n) is 1.48. The Morgan fingerprint density at radius 2 is 2.10 bits per heavy atom. The van der Waals surface area contributed by atoms with Gasteiger partial charge in [0.05, 0.1) is 27.4 Å². The van der Waals surface area contributed by atoms with Gasteiger partial charge in [0.15, 0.2) is 0 Å². The molecule has 1 amide bonds. The van der Waals surface area contributed by atoms with Gasteiger partial charge in [0, 0.05) is 12.1 Å². The summed E-state index contributed by atoms with van der Waals surface area (Å²) in [5, 5.41) is 13.3. The highest BCUT2D eigenvalue weighted by Crippen LogP contribution is 2.23. The van der Waals surface area contributed by atoms with Gasteiger partial charge in [-0.05, 0) is 18.2 Å². The number of anilines is 2. The standard InChI is InChI=1S/C12H9ClN4O3/c13-10-3-2-8(17(19)20)5-9(10)12(18)16-7-1-4-11(14)15-6-7/h1-6H,(H2,14,15)(H,16,18). The molecular formula is C12H9ClN4O3. The zero-order valence-electron chi connectivity index (χ0n) is 10.0. The van der Waals surface area contributed by atoms with Crippen molar-refractivity contribution in [3.05, 3.63) is 57.2 Å². The number of hydrogen-bond acceptors (Lipinski definition) is 5. The molecule has 1 aromatic heterocycles. The Bertz CT molecular complexity index is 673. The van der Waals surface area contributed by atoms with E-state index in [-0.39, 0.29) is 16.3 Å². The van der Waals surface area contributed by atoms with Crippen LogP contribution in [-0.2, 0) is 0 Å². The lowest BCUT2D eigenvalue weighted by Crippen LogP contribution is -2.13. The number of halogens is 1. The van der Waals surface area contributed by atoms with E-state index in [1.807, 2.05) is 0 Å². The van der Waals surface area contributed by atoms with Crippen molar-refractivity contribution in [1.29, 1.82) is 0 Å². The van der Waals surface area contributed by atoms with Crippen LogP contribution in [0, 0.1) is 10.1 Å². The van der Waals surface area contributed by atoms with E-state index in [0.717, 1.165) is 6.07 Å². The van der Waals surface area contributed by atoms with Gasteiger partial charge in [-0.1, -0.05) is 11.6 Å². The van der Waals surface area contributed by atoms with E-state index in [1.165, 1.54) is 24.4 Å².